The van der Waals surface area contributed by atoms with Crippen molar-refractivity contribution in [2.75, 3.05) is 26.8 Å². The summed E-state index contributed by atoms with van der Waals surface area (Å²) in [5, 5.41) is 22.7. The van der Waals surface area contributed by atoms with E-state index in [1.54, 1.807) is 19.2 Å². The minimum atomic E-state index is -0.931. The van der Waals surface area contributed by atoms with Gasteiger partial charge in [0.15, 0.2) is 11.5 Å². The Hall–Kier alpha value is -3.81. The van der Waals surface area contributed by atoms with E-state index in [4.69, 9.17) is 19.3 Å². The van der Waals surface area contributed by atoms with Crippen molar-refractivity contribution in [1.82, 2.24) is 5.32 Å². The molecule has 3 aromatic carbocycles. The molecule has 37 heavy (non-hydrogen) atoms. The first-order chi connectivity index (χ1) is 18.0. The molecule has 0 aromatic heterocycles. The zero-order valence-corrected chi connectivity index (χ0v) is 21.0. The van der Waals surface area contributed by atoms with Crippen LogP contribution in [0, 0.1) is 0 Å². The van der Waals surface area contributed by atoms with E-state index in [9.17, 15) is 9.90 Å². The van der Waals surface area contributed by atoms with E-state index in [0.29, 0.717) is 24.6 Å². The third-order valence-corrected chi connectivity index (χ3v) is 6.35. The van der Waals surface area contributed by atoms with Gasteiger partial charge in [-0.05, 0) is 77.9 Å². The van der Waals surface area contributed by atoms with Gasteiger partial charge in [0.2, 0.25) is 0 Å². The second-order valence-corrected chi connectivity index (χ2v) is 9.08. The van der Waals surface area contributed by atoms with Gasteiger partial charge < -0.3 is 29.7 Å². The summed E-state index contributed by atoms with van der Waals surface area (Å²) in [5.74, 6) is 1.16. The number of rotatable bonds is 12. The first-order valence-electron chi connectivity index (χ1n) is 12.4. The maximum absolute atomic E-state index is 11.1. The van der Waals surface area contributed by atoms with E-state index in [2.05, 4.69) is 18.0 Å². The summed E-state index contributed by atoms with van der Waals surface area (Å²) in [7, 11) is 1.60. The molecular formula is C30H33NO6. The van der Waals surface area contributed by atoms with Crippen molar-refractivity contribution in [2.45, 2.75) is 31.5 Å². The number of carbonyl (C=O) groups is 1. The van der Waals surface area contributed by atoms with E-state index in [-0.39, 0.29) is 18.3 Å². The predicted molar refractivity (Wildman–Crippen MR) is 143 cm³/mol. The zero-order chi connectivity index (χ0) is 26.2. The van der Waals surface area contributed by atoms with Crippen LogP contribution in [0.15, 0.2) is 73.3 Å². The molecule has 0 aliphatic carbocycles. The smallest absolute Gasteiger partial charge is 0.335 e. The van der Waals surface area contributed by atoms with Gasteiger partial charge in [0.1, 0.15) is 24.6 Å². The van der Waals surface area contributed by atoms with Gasteiger partial charge in [0.05, 0.1) is 12.7 Å². The molecule has 1 aliphatic rings. The molecule has 1 heterocycles. The maximum atomic E-state index is 11.1. The van der Waals surface area contributed by atoms with Crippen molar-refractivity contribution in [3.8, 4) is 28.4 Å². The third-order valence-electron chi connectivity index (χ3n) is 6.35. The summed E-state index contributed by atoms with van der Waals surface area (Å²) >= 11 is 0. The fourth-order valence-electron chi connectivity index (χ4n) is 4.35. The van der Waals surface area contributed by atoms with Gasteiger partial charge in [-0.15, -0.1) is 6.58 Å². The van der Waals surface area contributed by atoms with E-state index >= 15 is 0 Å². The van der Waals surface area contributed by atoms with Crippen LogP contribution in [0.5, 0.6) is 17.2 Å². The van der Waals surface area contributed by atoms with E-state index in [0.717, 1.165) is 47.3 Å². The molecule has 0 saturated heterocycles. The minimum Gasteiger partial charge on any atom is -0.493 e. The number of aryl methyl sites for hydroxylation is 1. The van der Waals surface area contributed by atoms with Gasteiger partial charge in [-0.25, -0.2) is 4.79 Å². The molecule has 2 atom stereocenters. The quantitative estimate of drug-likeness (QED) is 0.313. The Morgan fingerprint density at radius 1 is 1.14 bits per heavy atom. The van der Waals surface area contributed by atoms with E-state index in [1.165, 1.54) is 0 Å². The van der Waals surface area contributed by atoms with Crippen LogP contribution in [0.3, 0.4) is 0 Å². The van der Waals surface area contributed by atoms with Gasteiger partial charge in [-0.2, -0.15) is 0 Å². The van der Waals surface area contributed by atoms with Gasteiger partial charge >= 0.3 is 5.97 Å². The van der Waals surface area contributed by atoms with E-state index < -0.39 is 12.1 Å². The molecular weight excluding hydrogens is 470 g/mol. The van der Waals surface area contributed by atoms with Gasteiger partial charge in [0.25, 0.3) is 0 Å². The number of carboxylic acids is 1. The second kappa shape index (κ2) is 12.4. The van der Waals surface area contributed by atoms with Crippen LogP contribution in [-0.2, 0) is 12.8 Å². The number of nitrogens with one attached hydrogen (secondary N) is 1. The highest BCUT2D eigenvalue weighted by atomic mass is 16.5. The molecule has 0 amide bonds. The molecule has 3 N–H and O–H groups in total. The van der Waals surface area contributed by atoms with Crippen LogP contribution in [0.1, 0.15) is 27.9 Å². The molecule has 0 saturated carbocycles. The molecule has 0 fully saturated rings. The molecule has 0 unspecified atom stereocenters. The molecule has 7 nitrogen and oxygen atoms in total. The van der Waals surface area contributed by atoms with Crippen molar-refractivity contribution >= 4 is 5.97 Å². The Morgan fingerprint density at radius 2 is 1.92 bits per heavy atom. The zero-order valence-electron chi connectivity index (χ0n) is 21.0. The van der Waals surface area contributed by atoms with E-state index in [1.807, 2.05) is 48.5 Å². The molecule has 0 bridgehead atoms. The largest absolute Gasteiger partial charge is 0.493 e. The molecule has 0 spiro atoms. The van der Waals surface area contributed by atoms with Crippen LogP contribution < -0.4 is 19.5 Å². The minimum absolute atomic E-state index is 0.0128. The monoisotopic (exact) mass is 503 g/mol. The summed E-state index contributed by atoms with van der Waals surface area (Å²) < 4.78 is 17.4. The third kappa shape index (κ3) is 6.90. The number of ether oxygens (including phenoxy) is 3. The lowest BCUT2D eigenvalue weighted by atomic mass is 9.96. The number of methoxy groups -OCH3 is 1. The van der Waals surface area contributed by atoms with Crippen molar-refractivity contribution in [2.24, 2.45) is 0 Å². The number of aliphatic hydroxyl groups is 1. The normalized spacial score (nSPS) is 15.2. The number of hydrogen-bond donors (Lipinski definition) is 3. The van der Waals surface area contributed by atoms with Crippen LogP contribution in [0.4, 0.5) is 0 Å². The van der Waals surface area contributed by atoms with Crippen LogP contribution in [0.2, 0.25) is 0 Å². The Labute approximate surface area is 217 Å². The fraction of sp³-hybridized carbons (Fsp3) is 0.300. The summed E-state index contributed by atoms with van der Waals surface area (Å²) in [4.78, 5) is 11.1. The molecule has 194 valence electrons. The number of hydrogen-bond acceptors (Lipinski definition) is 6. The first kappa shape index (κ1) is 26.3. The van der Waals surface area contributed by atoms with Crippen molar-refractivity contribution in [3.05, 3.63) is 90.0 Å². The van der Waals surface area contributed by atoms with Crippen molar-refractivity contribution in [1.29, 1.82) is 0 Å². The van der Waals surface area contributed by atoms with Gasteiger partial charge in [-0.1, -0.05) is 30.3 Å². The maximum Gasteiger partial charge on any atom is 0.335 e. The standard InChI is InChI=1S/C30H33NO6/c1-3-4-20-5-13-28(29(15-20)35-2)36-19-25(32)17-31-18-26-12-10-24-16-23(11-14-27(24)37-26)21-6-8-22(9-7-21)30(33)34/h3,5-9,11,13-16,25-26,31-32H,1,4,10,12,17-19H2,2H3,(H,33,34)/t25-,26-/m1/s1. The first-order valence-corrected chi connectivity index (χ1v) is 12.4. The van der Waals surface area contributed by atoms with Gasteiger partial charge in [0, 0.05) is 13.1 Å². The highest BCUT2D eigenvalue weighted by Gasteiger charge is 2.20. The number of aromatic carboxylic acids is 1. The average molecular weight is 504 g/mol. The lowest BCUT2D eigenvalue weighted by Gasteiger charge is -2.27. The van der Waals surface area contributed by atoms with Crippen molar-refractivity contribution in [3.63, 3.8) is 0 Å². The number of aliphatic hydroxyl groups excluding tert-OH is 1. The molecule has 1 aliphatic heterocycles. The topological polar surface area (TPSA) is 97.3 Å². The predicted octanol–water partition coefficient (Wildman–Crippen LogP) is 4.51. The Balaban J connectivity index is 1.23. The molecule has 3 aromatic rings. The second-order valence-electron chi connectivity index (χ2n) is 9.08. The number of benzene rings is 3. The lowest BCUT2D eigenvalue weighted by molar-refractivity contribution is 0.0697. The highest BCUT2D eigenvalue weighted by molar-refractivity contribution is 5.88. The number of carboxylic acid groups (broad SMARTS) is 1. The summed E-state index contributed by atoms with van der Waals surface area (Å²) in [6.45, 7) is 4.90. The van der Waals surface area contributed by atoms with Crippen molar-refractivity contribution < 1.29 is 29.2 Å². The summed E-state index contributed by atoms with van der Waals surface area (Å²) in [6, 6.07) is 18.7. The highest BCUT2D eigenvalue weighted by Crippen LogP contribution is 2.32. The fourth-order valence-corrected chi connectivity index (χ4v) is 4.35. The Kier molecular flexibility index (Phi) is 8.82. The number of fused-ring (bicyclic) bond motifs is 1. The summed E-state index contributed by atoms with van der Waals surface area (Å²) in [6.07, 6.45) is 3.67. The molecule has 4 rings (SSSR count). The lowest BCUT2D eigenvalue weighted by Crippen LogP contribution is -2.39. The average Bonchev–Trinajstić information content (AvgIpc) is 2.92. The van der Waals surface area contributed by atoms with Gasteiger partial charge in [-0.3, -0.25) is 0 Å². The van der Waals surface area contributed by atoms with Crippen LogP contribution >= 0.6 is 0 Å². The summed E-state index contributed by atoms with van der Waals surface area (Å²) in [5.41, 5.74) is 4.50. The van der Waals surface area contributed by atoms with Crippen LogP contribution in [0.25, 0.3) is 11.1 Å². The molecule has 7 heteroatoms. The SMILES string of the molecule is C=CCc1ccc(OC[C@H](O)CNC[C@H]2CCc3cc(-c4ccc(C(=O)O)cc4)ccc3O2)c(OC)c1. The van der Waals surface area contributed by atoms with Crippen LogP contribution in [-0.4, -0.2) is 55.2 Å². The Bertz CT molecular complexity index is 1220. The Morgan fingerprint density at radius 3 is 2.65 bits per heavy atom. The number of allylic oxidation sites excluding steroid dienone is 1. The molecule has 0 radical (unpaired) electrons.